The lowest BCUT2D eigenvalue weighted by Gasteiger charge is -2.15. The second-order valence-corrected chi connectivity index (χ2v) is 7.31. The van der Waals surface area contributed by atoms with Crippen LogP contribution in [-0.4, -0.2) is 5.91 Å². The number of amides is 1. The molecule has 4 aromatic rings. The van der Waals surface area contributed by atoms with E-state index in [0.29, 0.717) is 23.1 Å². The molecule has 0 aliphatic rings. The third kappa shape index (κ3) is 4.80. The molecule has 1 heterocycles. The minimum atomic E-state index is -5.05. The van der Waals surface area contributed by atoms with Gasteiger partial charge in [-0.2, -0.15) is 26.3 Å². The molecule has 0 fully saturated rings. The summed E-state index contributed by atoms with van der Waals surface area (Å²) < 4.78 is 83.7. The van der Waals surface area contributed by atoms with E-state index in [9.17, 15) is 35.9 Å². The van der Waals surface area contributed by atoms with Crippen LogP contribution >= 0.6 is 0 Å². The second-order valence-electron chi connectivity index (χ2n) is 7.31. The molecule has 3 aromatic carbocycles. The Kier molecular flexibility index (Phi) is 5.68. The molecule has 0 atom stereocenters. The lowest BCUT2D eigenvalue weighted by atomic mass is 10.0. The normalized spacial score (nSPS) is 12.1. The predicted octanol–water partition coefficient (Wildman–Crippen LogP) is 6.75. The van der Waals surface area contributed by atoms with E-state index >= 15 is 0 Å². The molecule has 1 amide bonds. The van der Waals surface area contributed by atoms with Gasteiger partial charge in [0.05, 0.1) is 16.7 Å². The van der Waals surface area contributed by atoms with Crippen LogP contribution in [0.1, 0.15) is 21.5 Å². The number of alkyl halides is 6. The van der Waals surface area contributed by atoms with Gasteiger partial charge < -0.3 is 9.73 Å². The Morgan fingerprint density at radius 1 is 0.765 bits per heavy atom. The van der Waals surface area contributed by atoms with Crippen molar-refractivity contribution in [2.45, 2.75) is 12.4 Å². The number of hydrogen-bond acceptors (Lipinski definition) is 3. The number of anilines is 1. The number of rotatable bonds is 3. The zero-order chi connectivity index (χ0) is 24.7. The smallest absolute Gasteiger partial charge is 0.416 e. The topological polar surface area (TPSA) is 59.3 Å². The van der Waals surface area contributed by atoms with Crippen LogP contribution in [-0.2, 0) is 12.4 Å². The van der Waals surface area contributed by atoms with Crippen molar-refractivity contribution < 1.29 is 35.6 Å². The summed E-state index contributed by atoms with van der Waals surface area (Å²) in [7, 11) is 0. The summed E-state index contributed by atoms with van der Waals surface area (Å²) in [6.07, 6.45) is -10.1. The Hall–Kier alpha value is -4.08. The Morgan fingerprint density at radius 3 is 2.06 bits per heavy atom. The molecule has 4 rings (SSSR count). The second kappa shape index (κ2) is 8.36. The number of hydrogen-bond donors (Lipinski definition) is 1. The van der Waals surface area contributed by atoms with Gasteiger partial charge in [-0.05, 0) is 48.0 Å². The minimum absolute atomic E-state index is 0.0325. The third-order valence-corrected chi connectivity index (χ3v) is 4.92. The van der Waals surface area contributed by atoms with Gasteiger partial charge in [0.1, 0.15) is 5.58 Å². The van der Waals surface area contributed by atoms with E-state index in [2.05, 4.69) is 5.32 Å². The van der Waals surface area contributed by atoms with Crippen molar-refractivity contribution in [3.63, 3.8) is 0 Å². The Balaban J connectivity index is 1.69. The fourth-order valence-corrected chi connectivity index (χ4v) is 3.32. The summed E-state index contributed by atoms with van der Waals surface area (Å²) in [4.78, 5) is 25.0. The zero-order valence-electron chi connectivity index (χ0n) is 16.9. The molecule has 10 heteroatoms. The van der Waals surface area contributed by atoms with Gasteiger partial charge >= 0.3 is 18.0 Å². The quantitative estimate of drug-likeness (QED) is 0.262. The van der Waals surface area contributed by atoms with Crippen LogP contribution in [0.2, 0.25) is 0 Å². The average molecular weight is 477 g/mol. The van der Waals surface area contributed by atoms with Gasteiger partial charge in [-0.1, -0.05) is 30.3 Å². The predicted molar refractivity (Wildman–Crippen MR) is 112 cm³/mol. The van der Waals surface area contributed by atoms with Gasteiger partial charge in [-0.15, -0.1) is 0 Å². The molecule has 174 valence electrons. The molecular weight excluding hydrogens is 464 g/mol. The van der Waals surface area contributed by atoms with Crippen molar-refractivity contribution in [3.05, 3.63) is 99.9 Å². The van der Waals surface area contributed by atoms with Crippen LogP contribution in [0.3, 0.4) is 0 Å². The molecule has 0 spiro atoms. The highest BCUT2D eigenvalue weighted by Gasteiger charge is 2.37. The van der Waals surface area contributed by atoms with Crippen LogP contribution in [0.15, 0.2) is 82.0 Å². The molecule has 1 N–H and O–H groups in total. The fourth-order valence-electron chi connectivity index (χ4n) is 3.32. The van der Waals surface area contributed by atoms with E-state index in [4.69, 9.17) is 4.42 Å². The molecule has 0 saturated heterocycles. The first-order valence-corrected chi connectivity index (χ1v) is 9.66. The summed E-state index contributed by atoms with van der Waals surface area (Å²) in [6.45, 7) is 0. The maximum atomic E-state index is 13.1. The maximum Gasteiger partial charge on any atom is 0.416 e. The molecule has 0 unspecified atom stereocenters. The summed E-state index contributed by atoms with van der Waals surface area (Å²) >= 11 is 0. The first kappa shape index (κ1) is 23.1. The van der Waals surface area contributed by atoms with Crippen molar-refractivity contribution in [3.8, 4) is 11.1 Å². The summed E-state index contributed by atoms with van der Waals surface area (Å²) in [6, 6.07) is 14.6. The first-order valence-electron chi connectivity index (χ1n) is 9.66. The van der Waals surface area contributed by atoms with Crippen molar-refractivity contribution in [2.24, 2.45) is 0 Å². The van der Waals surface area contributed by atoms with Gasteiger partial charge in [-0.25, -0.2) is 4.79 Å². The van der Waals surface area contributed by atoms with E-state index < -0.39 is 40.7 Å². The van der Waals surface area contributed by atoms with Crippen molar-refractivity contribution in [1.82, 2.24) is 0 Å². The standard InChI is InChI=1S/C24H13F6NO3/c25-23(26,27)16-10-17(24(28,29)30)12-18(11-16)31-21(32)15-6-3-5-13(8-15)19-9-14-4-1-2-7-20(14)34-22(19)33/h1-12H,(H,31,32). The Labute approximate surface area is 187 Å². The zero-order valence-corrected chi connectivity index (χ0v) is 16.9. The van der Waals surface area contributed by atoms with E-state index in [1.807, 2.05) is 0 Å². The largest absolute Gasteiger partial charge is 0.422 e. The number of benzene rings is 3. The van der Waals surface area contributed by atoms with Crippen LogP contribution < -0.4 is 10.9 Å². The van der Waals surface area contributed by atoms with E-state index in [-0.39, 0.29) is 22.8 Å². The van der Waals surface area contributed by atoms with Crippen molar-refractivity contribution in [2.75, 3.05) is 5.32 Å². The Morgan fingerprint density at radius 2 is 1.41 bits per heavy atom. The molecular formula is C24H13F6NO3. The number of para-hydroxylation sites is 1. The van der Waals surface area contributed by atoms with Gasteiger partial charge in [0.15, 0.2) is 0 Å². The fraction of sp³-hybridized carbons (Fsp3) is 0.0833. The van der Waals surface area contributed by atoms with Gasteiger partial charge in [0, 0.05) is 16.6 Å². The minimum Gasteiger partial charge on any atom is -0.422 e. The first-order chi connectivity index (χ1) is 15.9. The Bertz CT molecular complexity index is 1420. The summed E-state index contributed by atoms with van der Waals surface area (Å²) in [5.74, 6) is -0.959. The molecule has 34 heavy (non-hydrogen) atoms. The molecule has 1 aromatic heterocycles. The van der Waals surface area contributed by atoms with Crippen molar-refractivity contribution >= 4 is 22.6 Å². The summed E-state index contributed by atoms with van der Waals surface area (Å²) in [5, 5.41) is 2.69. The van der Waals surface area contributed by atoms with Gasteiger partial charge in [0.2, 0.25) is 0 Å². The van der Waals surface area contributed by atoms with Crippen LogP contribution in [0.5, 0.6) is 0 Å². The SMILES string of the molecule is O=C(Nc1cc(C(F)(F)F)cc(C(F)(F)F)c1)c1cccc(-c2cc3ccccc3oc2=O)c1. The third-order valence-electron chi connectivity index (χ3n) is 4.92. The maximum absolute atomic E-state index is 13.1. The van der Waals surface area contributed by atoms with Crippen molar-refractivity contribution in [1.29, 1.82) is 0 Å². The van der Waals surface area contributed by atoms with E-state index in [1.165, 1.54) is 24.3 Å². The number of halogens is 6. The average Bonchev–Trinajstić information content (AvgIpc) is 2.77. The van der Waals surface area contributed by atoms with Gasteiger partial charge in [-0.3, -0.25) is 4.79 Å². The molecule has 0 saturated carbocycles. The highest BCUT2D eigenvalue weighted by atomic mass is 19.4. The number of carbonyl (C=O) groups excluding carboxylic acids is 1. The monoisotopic (exact) mass is 477 g/mol. The number of nitrogens with one attached hydrogen (secondary N) is 1. The highest BCUT2D eigenvalue weighted by molar-refractivity contribution is 6.05. The molecule has 0 aliphatic heterocycles. The molecule has 4 nitrogen and oxygen atoms in total. The van der Waals surface area contributed by atoms with Crippen LogP contribution in [0, 0.1) is 0 Å². The number of carbonyl (C=O) groups is 1. The van der Waals surface area contributed by atoms with E-state index in [1.54, 1.807) is 30.3 Å². The summed E-state index contributed by atoms with van der Waals surface area (Å²) in [5.41, 5.74) is -3.78. The molecule has 0 radical (unpaired) electrons. The molecule has 0 aliphatic carbocycles. The lowest BCUT2D eigenvalue weighted by Crippen LogP contribution is -2.16. The number of fused-ring (bicyclic) bond motifs is 1. The van der Waals surface area contributed by atoms with E-state index in [0.717, 1.165) is 0 Å². The lowest BCUT2D eigenvalue weighted by molar-refractivity contribution is -0.143. The van der Waals surface area contributed by atoms with Crippen LogP contribution in [0.4, 0.5) is 32.0 Å². The highest BCUT2D eigenvalue weighted by Crippen LogP contribution is 2.37. The van der Waals surface area contributed by atoms with Gasteiger partial charge in [0.25, 0.3) is 5.91 Å². The van der Waals surface area contributed by atoms with Crippen LogP contribution in [0.25, 0.3) is 22.1 Å². The molecule has 0 bridgehead atoms.